The van der Waals surface area contributed by atoms with Crippen LogP contribution in [0.25, 0.3) is 0 Å². The second-order valence-electron chi connectivity index (χ2n) is 5.93. The van der Waals surface area contributed by atoms with E-state index in [2.05, 4.69) is 22.6 Å². The molecule has 1 amide bonds. The van der Waals surface area contributed by atoms with E-state index in [0.29, 0.717) is 6.10 Å². The highest BCUT2D eigenvalue weighted by Crippen LogP contribution is 2.21. The Labute approximate surface area is 125 Å². The number of anilines is 1. The van der Waals surface area contributed by atoms with Gasteiger partial charge >= 0.3 is 0 Å². The van der Waals surface area contributed by atoms with Gasteiger partial charge in [-0.25, -0.2) is 0 Å². The summed E-state index contributed by atoms with van der Waals surface area (Å²) in [7, 11) is 2.14. The Morgan fingerprint density at radius 2 is 1.90 bits per heavy atom. The maximum Gasteiger partial charge on any atom is 0.241 e. The fourth-order valence-corrected chi connectivity index (χ4v) is 2.65. The molecule has 2 heterocycles. The molecule has 2 fully saturated rings. The number of carbonyl (C=O) groups is 1. The van der Waals surface area contributed by atoms with E-state index >= 15 is 0 Å². The highest BCUT2D eigenvalue weighted by molar-refractivity contribution is 5.95. The Morgan fingerprint density at radius 3 is 2.48 bits per heavy atom. The summed E-state index contributed by atoms with van der Waals surface area (Å²) in [4.78, 5) is 14.1. The lowest BCUT2D eigenvalue weighted by molar-refractivity contribution is -0.119. The molecule has 0 radical (unpaired) electrons. The largest absolute Gasteiger partial charge is 0.490 e. The standard InChI is InChI=1S/C16H23N3O2/c1-19-10-7-14(8-11-19)21-13-4-2-12(3-5-13)18-16(20)15-6-9-17-15/h2-5,14-15,17H,6-11H2,1H3,(H,18,20). The molecule has 2 aliphatic rings. The number of carbonyl (C=O) groups excluding carboxylic acids is 1. The number of benzene rings is 1. The third-order valence-electron chi connectivity index (χ3n) is 4.23. The minimum atomic E-state index is -0.0276. The summed E-state index contributed by atoms with van der Waals surface area (Å²) >= 11 is 0. The molecular weight excluding hydrogens is 266 g/mol. The molecule has 2 N–H and O–H groups in total. The van der Waals surface area contributed by atoms with Crippen LogP contribution >= 0.6 is 0 Å². The maximum absolute atomic E-state index is 11.8. The van der Waals surface area contributed by atoms with Crippen molar-refractivity contribution in [2.45, 2.75) is 31.4 Å². The monoisotopic (exact) mass is 289 g/mol. The summed E-state index contributed by atoms with van der Waals surface area (Å²) in [6.45, 7) is 3.11. The van der Waals surface area contributed by atoms with Crippen LogP contribution in [0.2, 0.25) is 0 Å². The first-order valence-corrected chi connectivity index (χ1v) is 7.70. The maximum atomic E-state index is 11.8. The van der Waals surface area contributed by atoms with E-state index in [4.69, 9.17) is 4.74 Å². The van der Waals surface area contributed by atoms with Gasteiger partial charge in [0, 0.05) is 18.8 Å². The zero-order valence-corrected chi connectivity index (χ0v) is 12.5. The van der Waals surface area contributed by atoms with Gasteiger partial charge in [0.2, 0.25) is 5.91 Å². The van der Waals surface area contributed by atoms with Crippen molar-refractivity contribution < 1.29 is 9.53 Å². The molecule has 5 nitrogen and oxygen atoms in total. The molecule has 0 aliphatic carbocycles. The summed E-state index contributed by atoms with van der Waals surface area (Å²) in [5, 5.41) is 6.01. The van der Waals surface area contributed by atoms with Gasteiger partial charge in [0.05, 0.1) is 6.04 Å². The fraction of sp³-hybridized carbons (Fsp3) is 0.562. The van der Waals surface area contributed by atoms with Gasteiger partial charge in [0.25, 0.3) is 0 Å². The van der Waals surface area contributed by atoms with Gasteiger partial charge in [-0.15, -0.1) is 0 Å². The van der Waals surface area contributed by atoms with Crippen LogP contribution in [0, 0.1) is 0 Å². The number of nitrogens with zero attached hydrogens (tertiary/aromatic N) is 1. The first-order chi connectivity index (χ1) is 10.2. The lowest BCUT2D eigenvalue weighted by Gasteiger charge is -2.29. The van der Waals surface area contributed by atoms with Crippen LogP contribution in [0.15, 0.2) is 24.3 Å². The fourth-order valence-electron chi connectivity index (χ4n) is 2.65. The number of piperidine rings is 1. The zero-order chi connectivity index (χ0) is 14.7. The van der Waals surface area contributed by atoms with Crippen LogP contribution in [0.5, 0.6) is 5.75 Å². The number of hydrogen-bond donors (Lipinski definition) is 2. The Hall–Kier alpha value is -1.59. The third kappa shape index (κ3) is 3.74. The summed E-state index contributed by atoms with van der Waals surface area (Å²) in [5.41, 5.74) is 0.824. The number of likely N-dealkylation sites (tertiary alicyclic amines) is 1. The number of nitrogens with one attached hydrogen (secondary N) is 2. The van der Waals surface area contributed by atoms with Crippen LogP contribution in [0.3, 0.4) is 0 Å². The Kier molecular flexibility index (Phi) is 4.41. The van der Waals surface area contributed by atoms with Crippen LogP contribution in [-0.2, 0) is 4.79 Å². The number of hydrogen-bond acceptors (Lipinski definition) is 4. The van der Waals surface area contributed by atoms with Gasteiger partial charge in [0.15, 0.2) is 0 Å². The minimum Gasteiger partial charge on any atom is -0.490 e. The van der Waals surface area contributed by atoms with Crippen LogP contribution in [-0.4, -0.2) is 49.6 Å². The molecular formula is C16H23N3O2. The van der Waals surface area contributed by atoms with Crippen molar-refractivity contribution in [3.05, 3.63) is 24.3 Å². The molecule has 0 spiro atoms. The summed E-state index contributed by atoms with van der Waals surface area (Å²) in [6.07, 6.45) is 3.37. The first-order valence-electron chi connectivity index (χ1n) is 7.70. The topological polar surface area (TPSA) is 53.6 Å². The second kappa shape index (κ2) is 6.45. The third-order valence-corrected chi connectivity index (χ3v) is 4.23. The number of rotatable bonds is 4. The minimum absolute atomic E-state index is 0.0276. The van der Waals surface area contributed by atoms with Crippen LogP contribution in [0.1, 0.15) is 19.3 Å². The van der Waals surface area contributed by atoms with Gasteiger partial charge in [-0.3, -0.25) is 4.79 Å². The molecule has 0 bridgehead atoms. The lowest BCUT2D eigenvalue weighted by Crippen LogP contribution is -2.50. The predicted octanol–water partition coefficient (Wildman–Crippen LogP) is 1.46. The molecule has 3 rings (SSSR count). The Balaban J connectivity index is 1.50. The number of amides is 1. The summed E-state index contributed by atoms with van der Waals surface area (Å²) in [6, 6.07) is 7.64. The highest BCUT2D eigenvalue weighted by atomic mass is 16.5. The van der Waals surface area contributed by atoms with Crippen molar-refractivity contribution in [2.75, 3.05) is 32.0 Å². The van der Waals surface area contributed by atoms with Crippen molar-refractivity contribution in [1.82, 2.24) is 10.2 Å². The van der Waals surface area contributed by atoms with E-state index in [1.165, 1.54) is 0 Å². The van der Waals surface area contributed by atoms with E-state index in [1.54, 1.807) is 0 Å². The molecule has 1 atom stereocenters. The van der Waals surface area contributed by atoms with Crippen molar-refractivity contribution in [1.29, 1.82) is 0 Å². The second-order valence-corrected chi connectivity index (χ2v) is 5.93. The molecule has 0 aromatic heterocycles. The molecule has 114 valence electrons. The summed E-state index contributed by atoms with van der Waals surface area (Å²) in [5.74, 6) is 0.926. The molecule has 0 saturated carbocycles. The van der Waals surface area contributed by atoms with Crippen molar-refractivity contribution in [2.24, 2.45) is 0 Å². The van der Waals surface area contributed by atoms with Gasteiger partial charge in [-0.05, 0) is 57.1 Å². The van der Waals surface area contributed by atoms with Crippen LogP contribution in [0.4, 0.5) is 5.69 Å². The highest BCUT2D eigenvalue weighted by Gasteiger charge is 2.24. The smallest absolute Gasteiger partial charge is 0.241 e. The molecule has 2 saturated heterocycles. The first kappa shape index (κ1) is 14.4. The predicted molar refractivity (Wildman–Crippen MR) is 82.6 cm³/mol. The molecule has 1 aromatic rings. The lowest BCUT2D eigenvalue weighted by atomic mass is 10.1. The van der Waals surface area contributed by atoms with E-state index in [1.807, 2.05) is 24.3 Å². The van der Waals surface area contributed by atoms with Crippen molar-refractivity contribution >= 4 is 11.6 Å². The van der Waals surface area contributed by atoms with Gasteiger partial charge in [0.1, 0.15) is 11.9 Å². The van der Waals surface area contributed by atoms with Gasteiger partial charge in [-0.1, -0.05) is 0 Å². The molecule has 1 unspecified atom stereocenters. The summed E-state index contributed by atoms with van der Waals surface area (Å²) < 4.78 is 5.99. The van der Waals surface area contributed by atoms with Gasteiger partial charge in [-0.2, -0.15) is 0 Å². The quantitative estimate of drug-likeness (QED) is 0.881. The average molecular weight is 289 g/mol. The van der Waals surface area contributed by atoms with Crippen molar-refractivity contribution in [3.8, 4) is 5.75 Å². The van der Waals surface area contributed by atoms with E-state index < -0.39 is 0 Å². The van der Waals surface area contributed by atoms with E-state index in [0.717, 1.165) is 50.3 Å². The van der Waals surface area contributed by atoms with Crippen LogP contribution < -0.4 is 15.4 Å². The normalized spacial score (nSPS) is 23.4. The molecule has 21 heavy (non-hydrogen) atoms. The zero-order valence-electron chi connectivity index (χ0n) is 12.5. The molecule has 5 heteroatoms. The SMILES string of the molecule is CN1CCC(Oc2ccc(NC(=O)C3CCN3)cc2)CC1. The van der Waals surface area contributed by atoms with E-state index in [-0.39, 0.29) is 11.9 Å². The van der Waals surface area contributed by atoms with Gasteiger partial charge < -0.3 is 20.3 Å². The average Bonchev–Trinajstić information content (AvgIpc) is 2.41. The molecule has 1 aromatic carbocycles. The molecule has 2 aliphatic heterocycles. The number of ether oxygens (including phenoxy) is 1. The Bertz CT molecular complexity index is 477. The van der Waals surface area contributed by atoms with E-state index in [9.17, 15) is 4.79 Å². The van der Waals surface area contributed by atoms with Crippen molar-refractivity contribution in [3.63, 3.8) is 0 Å². The Morgan fingerprint density at radius 1 is 1.24 bits per heavy atom.